The van der Waals surface area contributed by atoms with E-state index in [-0.39, 0.29) is 0 Å². The van der Waals surface area contributed by atoms with Crippen molar-refractivity contribution in [3.05, 3.63) is 142 Å². The van der Waals surface area contributed by atoms with Crippen LogP contribution in [-0.2, 0) is 21.6 Å². The van der Waals surface area contributed by atoms with Gasteiger partial charge in [-0.15, -0.1) is 0 Å². The van der Waals surface area contributed by atoms with Gasteiger partial charge in [0, 0.05) is 22.3 Å². The van der Waals surface area contributed by atoms with Crippen molar-refractivity contribution in [2.45, 2.75) is 27.7 Å². The van der Waals surface area contributed by atoms with Crippen LogP contribution in [0.2, 0.25) is 0 Å². The second-order valence-electron chi connectivity index (χ2n) is 9.48. The highest BCUT2D eigenvalue weighted by molar-refractivity contribution is 7.94. The van der Waals surface area contributed by atoms with E-state index in [0.29, 0.717) is 0 Å². The molecular formula is C34H36O2S2. The van der Waals surface area contributed by atoms with Crippen molar-refractivity contribution in [3.8, 4) is 0 Å². The molecule has 2 nitrogen and oxygen atoms in total. The molecule has 4 aromatic rings. The number of benzene rings is 4. The van der Waals surface area contributed by atoms with Gasteiger partial charge in [-0.3, -0.25) is 8.42 Å². The predicted octanol–water partition coefficient (Wildman–Crippen LogP) is 8.36. The van der Waals surface area contributed by atoms with Gasteiger partial charge in [-0.2, -0.15) is 0 Å². The molecule has 0 aliphatic heterocycles. The van der Waals surface area contributed by atoms with Crippen molar-refractivity contribution < 1.29 is 8.42 Å². The van der Waals surface area contributed by atoms with Crippen LogP contribution in [-0.4, -0.2) is 20.9 Å². The Hall–Kier alpha value is -3.34. The highest BCUT2D eigenvalue weighted by Crippen LogP contribution is 2.23. The zero-order valence-corrected chi connectivity index (χ0v) is 24.7. The molecule has 4 heteroatoms. The van der Waals surface area contributed by atoms with Crippen LogP contribution in [0.3, 0.4) is 0 Å². The van der Waals surface area contributed by atoms with E-state index in [1.807, 2.05) is 60.7 Å². The Morgan fingerprint density at radius 2 is 0.684 bits per heavy atom. The molecule has 0 aliphatic rings. The summed E-state index contributed by atoms with van der Waals surface area (Å²) in [7, 11) is -2.01. The number of hydrogen-bond donors (Lipinski definition) is 0. The summed E-state index contributed by atoms with van der Waals surface area (Å²) in [6, 6.07) is 32.8. The summed E-state index contributed by atoms with van der Waals surface area (Å²) in [5.74, 6) is 0. The number of aryl methyl sites for hydroxylation is 4. The molecule has 38 heavy (non-hydrogen) atoms. The van der Waals surface area contributed by atoms with Crippen LogP contribution in [0.4, 0.5) is 0 Å². The van der Waals surface area contributed by atoms with Crippen molar-refractivity contribution >= 4 is 43.6 Å². The lowest BCUT2D eigenvalue weighted by molar-refractivity contribution is 0.691. The summed E-state index contributed by atoms with van der Waals surface area (Å²) >= 11 is 0. The van der Waals surface area contributed by atoms with Crippen LogP contribution in [0.5, 0.6) is 0 Å². The minimum atomic E-state index is -1.01. The van der Waals surface area contributed by atoms with Crippen LogP contribution in [0.15, 0.2) is 97.1 Å². The Balaban J connectivity index is 0.000000211. The molecule has 196 valence electrons. The Labute approximate surface area is 233 Å². The lowest BCUT2D eigenvalue weighted by atomic mass is 10.1. The summed E-state index contributed by atoms with van der Waals surface area (Å²) in [6.45, 7) is 8.23. The second kappa shape index (κ2) is 14.0. The van der Waals surface area contributed by atoms with Crippen molar-refractivity contribution in [3.63, 3.8) is 0 Å². The summed E-state index contributed by atoms with van der Waals surface area (Å²) in [5, 5.41) is 0. The lowest BCUT2D eigenvalue weighted by Gasteiger charge is -2.06. The third kappa shape index (κ3) is 8.90. The first-order chi connectivity index (χ1) is 18.1. The lowest BCUT2D eigenvalue weighted by Crippen LogP contribution is -1.92. The molecule has 0 aromatic heterocycles. The maximum Gasteiger partial charge on any atom is 0.0504 e. The minimum Gasteiger partial charge on any atom is -0.255 e. The minimum absolute atomic E-state index is 0.865. The summed E-state index contributed by atoms with van der Waals surface area (Å²) < 4.78 is 23.9. The summed E-state index contributed by atoms with van der Waals surface area (Å²) in [4.78, 5) is 1.73. The number of rotatable bonds is 6. The molecule has 0 heterocycles. The Kier molecular flexibility index (Phi) is 10.8. The fourth-order valence-electron chi connectivity index (χ4n) is 3.73. The first-order valence-electron chi connectivity index (χ1n) is 12.5. The monoisotopic (exact) mass is 540 g/mol. The third-order valence-electron chi connectivity index (χ3n) is 6.04. The molecule has 0 spiro atoms. The quantitative estimate of drug-likeness (QED) is 0.230. The van der Waals surface area contributed by atoms with E-state index in [4.69, 9.17) is 0 Å². The molecule has 0 N–H and O–H groups in total. The fraction of sp³-hybridized carbons (Fsp3) is 0.176. The van der Waals surface area contributed by atoms with Crippen LogP contribution in [0.25, 0.3) is 22.0 Å². The van der Waals surface area contributed by atoms with Crippen molar-refractivity contribution in [1.82, 2.24) is 0 Å². The highest BCUT2D eigenvalue weighted by atomic mass is 32.2. The first kappa shape index (κ1) is 29.2. The molecule has 2 unspecified atom stereocenters. The highest BCUT2D eigenvalue weighted by Gasteiger charge is 2.07. The summed E-state index contributed by atoms with van der Waals surface area (Å²) in [6.07, 6.45) is 7.44. The molecular weight excluding hydrogens is 505 g/mol. The maximum atomic E-state index is 11.9. The van der Waals surface area contributed by atoms with Gasteiger partial charge >= 0.3 is 0 Å². The van der Waals surface area contributed by atoms with E-state index in [1.54, 1.807) is 12.5 Å². The molecule has 0 fully saturated rings. The molecule has 0 saturated carbocycles. The molecule has 0 amide bonds. The molecule has 2 atom stereocenters. The molecule has 0 aliphatic carbocycles. The zero-order chi connectivity index (χ0) is 27.7. The average molecular weight is 541 g/mol. The molecule has 0 radical (unpaired) electrons. The van der Waals surface area contributed by atoms with Gasteiger partial charge < -0.3 is 0 Å². The molecule has 4 aromatic carbocycles. The van der Waals surface area contributed by atoms with Crippen LogP contribution in [0, 0.1) is 27.7 Å². The SMILES string of the molecule is Cc1ccc(/C=C(/c2ccc(C)cc2)S(C)=O)cc1.Cc1ccc(/C=C(\c2ccc(C)cc2)S(C)=O)cc1. The summed E-state index contributed by atoms with van der Waals surface area (Å²) in [5.41, 5.74) is 9.07. The largest absolute Gasteiger partial charge is 0.255 e. The Morgan fingerprint density at radius 3 is 0.921 bits per heavy atom. The molecule has 0 bridgehead atoms. The Morgan fingerprint density at radius 1 is 0.447 bits per heavy atom. The second-order valence-corrected chi connectivity index (χ2v) is 12.2. The van der Waals surface area contributed by atoms with Gasteiger partial charge in [0.15, 0.2) is 0 Å². The number of hydrogen-bond acceptors (Lipinski definition) is 2. The van der Waals surface area contributed by atoms with E-state index in [0.717, 1.165) is 32.1 Å². The van der Waals surface area contributed by atoms with E-state index in [9.17, 15) is 8.42 Å². The van der Waals surface area contributed by atoms with Crippen LogP contribution in [0.1, 0.15) is 44.5 Å². The normalized spacial score (nSPS) is 13.3. The van der Waals surface area contributed by atoms with Crippen LogP contribution < -0.4 is 0 Å². The van der Waals surface area contributed by atoms with E-state index in [1.165, 1.54) is 22.3 Å². The van der Waals surface area contributed by atoms with Crippen molar-refractivity contribution in [2.24, 2.45) is 0 Å². The van der Waals surface area contributed by atoms with Gasteiger partial charge in [-0.05, 0) is 62.1 Å². The predicted molar refractivity (Wildman–Crippen MR) is 169 cm³/mol. The van der Waals surface area contributed by atoms with E-state index >= 15 is 0 Å². The van der Waals surface area contributed by atoms with Gasteiger partial charge in [0.25, 0.3) is 0 Å². The Bertz CT molecular complexity index is 1330. The molecule has 0 saturated heterocycles. The van der Waals surface area contributed by atoms with E-state index < -0.39 is 21.6 Å². The van der Waals surface area contributed by atoms with Crippen molar-refractivity contribution in [2.75, 3.05) is 12.5 Å². The van der Waals surface area contributed by atoms with Gasteiger partial charge in [0.2, 0.25) is 0 Å². The molecule has 4 rings (SSSR count). The standard InChI is InChI=1S/2C17H18OS/c2*1-13-4-8-15(9-5-13)12-17(19(3)18)16-10-6-14(2)7-11-16/h2*4-12H,1-3H3/b17-12+;17-12-. The topological polar surface area (TPSA) is 34.1 Å². The maximum absolute atomic E-state index is 11.9. The van der Waals surface area contributed by atoms with E-state index in [2.05, 4.69) is 76.2 Å². The van der Waals surface area contributed by atoms with Crippen LogP contribution >= 0.6 is 0 Å². The van der Waals surface area contributed by atoms with Crippen molar-refractivity contribution in [1.29, 1.82) is 0 Å². The fourth-order valence-corrected chi connectivity index (χ4v) is 5.27. The van der Waals surface area contributed by atoms with Gasteiger partial charge in [0.05, 0.1) is 21.6 Å². The third-order valence-corrected chi connectivity index (χ3v) is 7.99. The van der Waals surface area contributed by atoms with Gasteiger partial charge in [0.1, 0.15) is 0 Å². The van der Waals surface area contributed by atoms with Gasteiger partial charge in [-0.25, -0.2) is 0 Å². The smallest absolute Gasteiger partial charge is 0.0504 e. The first-order valence-corrected chi connectivity index (χ1v) is 15.6. The van der Waals surface area contributed by atoms with Gasteiger partial charge in [-0.1, -0.05) is 119 Å². The zero-order valence-electron chi connectivity index (χ0n) is 23.0. The average Bonchev–Trinajstić information content (AvgIpc) is 2.89.